The molecular weight excluding hydrogens is 338 g/mol. The lowest BCUT2D eigenvalue weighted by Crippen LogP contribution is -2.34. The molecule has 4 heteroatoms. The second kappa shape index (κ2) is 9.78. The Labute approximate surface area is 136 Å². The maximum absolute atomic E-state index is 6.32. The summed E-state index contributed by atoms with van der Waals surface area (Å²) in [7, 11) is 1.76. The molecule has 2 nitrogen and oxygen atoms in total. The summed E-state index contributed by atoms with van der Waals surface area (Å²) in [5.74, 6) is 0.545. The Bertz CT molecular complexity index is 400. The summed E-state index contributed by atoms with van der Waals surface area (Å²) >= 11 is 9.77. The first kappa shape index (κ1) is 18.0. The zero-order valence-electron chi connectivity index (χ0n) is 12.6. The molecule has 0 radical (unpaired) electrons. The van der Waals surface area contributed by atoms with Crippen molar-refractivity contribution in [2.24, 2.45) is 5.92 Å². The predicted octanol–water partition coefficient (Wildman–Crippen LogP) is 4.69. The summed E-state index contributed by atoms with van der Waals surface area (Å²) in [6.45, 7) is 6.26. The number of benzene rings is 1. The van der Waals surface area contributed by atoms with Crippen LogP contribution in [0.2, 0.25) is 5.02 Å². The van der Waals surface area contributed by atoms with E-state index in [4.69, 9.17) is 16.3 Å². The van der Waals surface area contributed by atoms with E-state index in [9.17, 15) is 0 Å². The molecule has 0 aromatic heterocycles. The van der Waals surface area contributed by atoms with Crippen molar-refractivity contribution in [1.29, 1.82) is 0 Å². The first-order chi connectivity index (χ1) is 9.56. The minimum absolute atomic E-state index is 0.443. The van der Waals surface area contributed by atoms with Gasteiger partial charge in [-0.25, -0.2) is 0 Å². The SMILES string of the molecule is CCCNC(Cc1ccc(Br)cc1Cl)CC(C)COC. The second-order valence-corrected chi connectivity index (χ2v) is 6.71. The topological polar surface area (TPSA) is 21.3 Å². The van der Waals surface area contributed by atoms with Crippen LogP contribution in [0.5, 0.6) is 0 Å². The molecule has 0 spiro atoms. The highest BCUT2D eigenvalue weighted by molar-refractivity contribution is 9.10. The standard InChI is InChI=1S/C16H25BrClNO/c1-4-7-19-15(8-12(2)11-20-3)9-13-5-6-14(17)10-16(13)18/h5-6,10,12,15,19H,4,7-9,11H2,1-3H3. The van der Waals surface area contributed by atoms with E-state index in [0.29, 0.717) is 12.0 Å². The number of halogens is 2. The molecule has 1 N–H and O–H groups in total. The van der Waals surface area contributed by atoms with Crippen LogP contribution in [-0.2, 0) is 11.2 Å². The van der Waals surface area contributed by atoms with Gasteiger partial charge in [0.2, 0.25) is 0 Å². The van der Waals surface area contributed by atoms with E-state index in [2.05, 4.69) is 47.2 Å². The molecule has 114 valence electrons. The summed E-state index contributed by atoms with van der Waals surface area (Å²) in [5.41, 5.74) is 1.20. The zero-order valence-corrected chi connectivity index (χ0v) is 14.9. The highest BCUT2D eigenvalue weighted by Gasteiger charge is 2.15. The maximum Gasteiger partial charge on any atom is 0.0488 e. The predicted molar refractivity (Wildman–Crippen MR) is 90.6 cm³/mol. The third kappa shape index (κ3) is 6.57. The van der Waals surface area contributed by atoms with Crippen molar-refractivity contribution >= 4 is 27.5 Å². The molecule has 1 aromatic rings. The smallest absolute Gasteiger partial charge is 0.0488 e. The summed E-state index contributed by atoms with van der Waals surface area (Å²) in [6.07, 6.45) is 3.20. The molecule has 0 aliphatic carbocycles. The van der Waals surface area contributed by atoms with E-state index in [1.165, 1.54) is 5.56 Å². The molecule has 0 fully saturated rings. The Morgan fingerprint density at radius 1 is 1.40 bits per heavy atom. The van der Waals surface area contributed by atoms with Crippen molar-refractivity contribution in [3.63, 3.8) is 0 Å². The van der Waals surface area contributed by atoms with Crippen molar-refractivity contribution in [2.75, 3.05) is 20.3 Å². The molecule has 0 amide bonds. The van der Waals surface area contributed by atoms with Gasteiger partial charge in [0.05, 0.1) is 0 Å². The van der Waals surface area contributed by atoms with E-state index in [0.717, 1.165) is 41.9 Å². The van der Waals surface area contributed by atoms with Crippen molar-refractivity contribution < 1.29 is 4.74 Å². The highest BCUT2D eigenvalue weighted by Crippen LogP contribution is 2.23. The van der Waals surface area contributed by atoms with E-state index in [-0.39, 0.29) is 0 Å². The number of nitrogens with one attached hydrogen (secondary N) is 1. The average molecular weight is 363 g/mol. The third-order valence-electron chi connectivity index (χ3n) is 3.30. The Hall–Kier alpha value is -0.0900. The van der Waals surface area contributed by atoms with Gasteiger partial charge >= 0.3 is 0 Å². The Morgan fingerprint density at radius 2 is 2.15 bits per heavy atom. The van der Waals surface area contributed by atoms with Gasteiger partial charge in [0.25, 0.3) is 0 Å². The van der Waals surface area contributed by atoms with Gasteiger partial charge in [-0.3, -0.25) is 0 Å². The highest BCUT2D eigenvalue weighted by atomic mass is 79.9. The minimum atomic E-state index is 0.443. The molecule has 2 unspecified atom stereocenters. The Morgan fingerprint density at radius 3 is 2.75 bits per heavy atom. The fourth-order valence-corrected chi connectivity index (χ4v) is 3.13. The van der Waals surface area contributed by atoms with Gasteiger partial charge in [-0.2, -0.15) is 0 Å². The summed E-state index contributed by atoms with van der Waals surface area (Å²) in [4.78, 5) is 0. The van der Waals surface area contributed by atoms with Gasteiger partial charge in [-0.1, -0.05) is 47.4 Å². The molecule has 0 bridgehead atoms. The van der Waals surface area contributed by atoms with E-state index < -0.39 is 0 Å². The largest absolute Gasteiger partial charge is 0.384 e. The lowest BCUT2D eigenvalue weighted by Gasteiger charge is -2.22. The van der Waals surface area contributed by atoms with Crippen molar-refractivity contribution in [1.82, 2.24) is 5.32 Å². The molecule has 0 aliphatic rings. The Kier molecular flexibility index (Phi) is 8.78. The minimum Gasteiger partial charge on any atom is -0.384 e. The second-order valence-electron chi connectivity index (χ2n) is 5.39. The van der Waals surface area contributed by atoms with Crippen LogP contribution in [0.3, 0.4) is 0 Å². The summed E-state index contributed by atoms with van der Waals surface area (Å²) < 4.78 is 6.26. The number of methoxy groups -OCH3 is 1. The molecule has 0 aliphatic heterocycles. The van der Waals surface area contributed by atoms with E-state index in [1.807, 2.05) is 6.07 Å². The van der Waals surface area contributed by atoms with Crippen LogP contribution in [0, 0.1) is 5.92 Å². The third-order valence-corrected chi connectivity index (χ3v) is 4.15. The monoisotopic (exact) mass is 361 g/mol. The molecule has 1 aromatic carbocycles. The fourth-order valence-electron chi connectivity index (χ4n) is 2.38. The van der Waals surface area contributed by atoms with Gasteiger partial charge in [-0.05, 0) is 49.4 Å². The first-order valence-electron chi connectivity index (χ1n) is 7.23. The van der Waals surface area contributed by atoms with Crippen LogP contribution in [0.1, 0.15) is 32.3 Å². The number of hydrogen-bond donors (Lipinski definition) is 1. The molecule has 20 heavy (non-hydrogen) atoms. The van der Waals surface area contributed by atoms with Crippen LogP contribution in [-0.4, -0.2) is 26.3 Å². The molecule has 2 atom stereocenters. The quantitative estimate of drug-likeness (QED) is 0.688. The molecule has 0 saturated carbocycles. The van der Waals surface area contributed by atoms with Gasteiger partial charge in [0.15, 0.2) is 0 Å². The molecule has 0 saturated heterocycles. The van der Waals surface area contributed by atoms with Gasteiger partial charge < -0.3 is 10.1 Å². The van der Waals surface area contributed by atoms with Crippen LogP contribution >= 0.6 is 27.5 Å². The van der Waals surface area contributed by atoms with Crippen molar-refractivity contribution in [3.05, 3.63) is 33.3 Å². The van der Waals surface area contributed by atoms with Crippen molar-refractivity contribution in [3.8, 4) is 0 Å². The maximum atomic E-state index is 6.32. The van der Waals surface area contributed by atoms with E-state index in [1.54, 1.807) is 7.11 Å². The normalized spacial score (nSPS) is 14.2. The fraction of sp³-hybridized carbons (Fsp3) is 0.625. The molecule has 1 rings (SSSR count). The number of rotatable bonds is 9. The van der Waals surface area contributed by atoms with Crippen LogP contribution in [0.25, 0.3) is 0 Å². The zero-order chi connectivity index (χ0) is 15.0. The Balaban J connectivity index is 2.67. The van der Waals surface area contributed by atoms with Crippen LogP contribution < -0.4 is 5.32 Å². The lowest BCUT2D eigenvalue weighted by atomic mass is 9.96. The first-order valence-corrected chi connectivity index (χ1v) is 8.40. The summed E-state index contributed by atoms with van der Waals surface area (Å²) in [5, 5.41) is 4.46. The average Bonchev–Trinajstić information content (AvgIpc) is 2.39. The van der Waals surface area contributed by atoms with Crippen LogP contribution in [0.4, 0.5) is 0 Å². The van der Waals surface area contributed by atoms with E-state index >= 15 is 0 Å². The van der Waals surface area contributed by atoms with Crippen LogP contribution in [0.15, 0.2) is 22.7 Å². The number of hydrogen-bond acceptors (Lipinski definition) is 2. The summed E-state index contributed by atoms with van der Waals surface area (Å²) in [6, 6.07) is 6.57. The lowest BCUT2D eigenvalue weighted by molar-refractivity contribution is 0.149. The molecule has 0 heterocycles. The van der Waals surface area contributed by atoms with Gasteiger partial charge in [0.1, 0.15) is 0 Å². The van der Waals surface area contributed by atoms with Gasteiger partial charge in [0, 0.05) is 29.3 Å². The van der Waals surface area contributed by atoms with Crippen molar-refractivity contribution in [2.45, 2.75) is 39.2 Å². The molecular formula is C16H25BrClNO. The van der Waals surface area contributed by atoms with Gasteiger partial charge in [-0.15, -0.1) is 0 Å². The number of ether oxygens (including phenoxy) is 1.